The first-order chi connectivity index (χ1) is 11.1. The number of hydrogen-bond acceptors (Lipinski definition) is 4. The third kappa shape index (κ3) is 2.32. The fourth-order valence-corrected chi connectivity index (χ4v) is 3.33. The summed E-state index contributed by atoms with van der Waals surface area (Å²) in [5.41, 5.74) is 1.27. The molecule has 0 aliphatic carbocycles. The molecule has 0 fully saturated rings. The maximum Gasteiger partial charge on any atom is 0.329 e. The summed E-state index contributed by atoms with van der Waals surface area (Å²) in [6.07, 6.45) is 3.08. The van der Waals surface area contributed by atoms with Crippen molar-refractivity contribution in [2.24, 2.45) is 0 Å². The third-order valence-electron chi connectivity index (χ3n) is 4.46. The van der Waals surface area contributed by atoms with Gasteiger partial charge in [-0.05, 0) is 30.0 Å². The van der Waals surface area contributed by atoms with Gasteiger partial charge in [-0.15, -0.1) is 0 Å². The minimum atomic E-state index is -1.38. The molecule has 0 N–H and O–H groups in total. The maximum atomic E-state index is 12.5. The van der Waals surface area contributed by atoms with Crippen LogP contribution in [0.5, 0.6) is 0 Å². The number of aromatic nitrogens is 1. The van der Waals surface area contributed by atoms with E-state index < -0.39 is 17.4 Å². The standard InChI is InChI=1S/C18H19NO4/c1-22-16(20)18(17(21)23-2)9-6-10-19-12-14(11-15(18)19)13-7-4-3-5-8-13/h3-5,7-8,11-12H,6,9-10H2,1-2H3. The average molecular weight is 313 g/mol. The summed E-state index contributed by atoms with van der Waals surface area (Å²) in [5.74, 6) is -1.13. The van der Waals surface area contributed by atoms with Gasteiger partial charge in [0.05, 0.1) is 14.2 Å². The third-order valence-corrected chi connectivity index (χ3v) is 4.46. The van der Waals surface area contributed by atoms with Gasteiger partial charge in [-0.1, -0.05) is 30.3 Å². The molecule has 5 nitrogen and oxygen atoms in total. The summed E-state index contributed by atoms with van der Waals surface area (Å²) in [6.45, 7) is 0.762. The second-order valence-corrected chi connectivity index (χ2v) is 5.67. The molecule has 0 spiro atoms. The van der Waals surface area contributed by atoms with E-state index >= 15 is 0 Å². The summed E-state index contributed by atoms with van der Waals surface area (Å²) in [6, 6.07) is 11.8. The van der Waals surface area contributed by atoms with E-state index in [2.05, 4.69) is 0 Å². The van der Waals surface area contributed by atoms with Crippen LogP contribution < -0.4 is 0 Å². The Morgan fingerprint density at radius 2 is 1.70 bits per heavy atom. The van der Waals surface area contributed by atoms with Crippen LogP contribution in [0.1, 0.15) is 18.5 Å². The molecule has 2 aromatic rings. The Kier molecular flexibility index (Phi) is 3.94. The van der Waals surface area contributed by atoms with E-state index in [1.165, 1.54) is 14.2 Å². The maximum absolute atomic E-state index is 12.5. The SMILES string of the molecule is COC(=O)C1(C(=O)OC)CCCn2cc(-c3ccccc3)cc21. The van der Waals surface area contributed by atoms with E-state index in [4.69, 9.17) is 9.47 Å². The lowest BCUT2D eigenvalue weighted by Gasteiger charge is -2.33. The number of carbonyl (C=O) groups excluding carboxylic acids is 2. The van der Waals surface area contributed by atoms with Crippen LogP contribution in [0.3, 0.4) is 0 Å². The molecule has 0 amide bonds. The first-order valence-corrected chi connectivity index (χ1v) is 7.56. The van der Waals surface area contributed by atoms with E-state index in [1.54, 1.807) is 0 Å². The Morgan fingerprint density at radius 3 is 2.30 bits per heavy atom. The quantitative estimate of drug-likeness (QED) is 0.645. The van der Waals surface area contributed by atoms with Crippen molar-refractivity contribution in [3.63, 3.8) is 0 Å². The van der Waals surface area contributed by atoms with E-state index in [9.17, 15) is 9.59 Å². The molecule has 0 radical (unpaired) electrons. The Labute approximate surface area is 134 Å². The number of fused-ring (bicyclic) bond motifs is 1. The van der Waals surface area contributed by atoms with E-state index in [1.807, 2.05) is 47.2 Å². The minimum Gasteiger partial charge on any atom is -0.468 e. The smallest absolute Gasteiger partial charge is 0.329 e. The molecule has 0 saturated heterocycles. The number of hydrogen-bond donors (Lipinski definition) is 0. The summed E-state index contributed by atoms with van der Waals surface area (Å²) >= 11 is 0. The number of ether oxygens (including phenoxy) is 2. The van der Waals surface area contributed by atoms with Crippen molar-refractivity contribution in [3.05, 3.63) is 48.3 Å². The molecule has 1 aromatic carbocycles. The Balaban J connectivity index is 2.16. The van der Waals surface area contributed by atoms with Gasteiger partial charge < -0.3 is 14.0 Å². The molecule has 0 atom stereocenters. The van der Waals surface area contributed by atoms with Gasteiger partial charge in [0.25, 0.3) is 0 Å². The molecular formula is C18H19NO4. The van der Waals surface area contributed by atoms with Gasteiger partial charge in [0.2, 0.25) is 5.41 Å². The van der Waals surface area contributed by atoms with E-state index in [0.29, 0.717) is 18.5 Å². The summed E-state index contributed by atoms with van der Waals surface area (Å²) in [7, 11) is 2.60. The monoisotopic (exact) mass is 313 g/mol. The minimum absolute atomic E-state index is 0.393. The van der Waals surface area contributed by atoms with Crippen molar-refractivity contribution in [2.45, 2.75) is 24.8 Å². The molecule has 120 valence electrons. The van der Waals surface area contributed by atoms with Gasteiger partial charge in [0.1, 0.15) is 0 Å². The number of aryl methyl sites for hydroxylation is 1. The molecule has 5 heteroatoms. The predicted molar refractivity (Wildman–Crippen MR) is 84.8 cm³/mol. The topological polar surface area (TPSA) is 57.5 Å². The van der Waals surface area contributed by atoms with Gasteiger partial charge in [0, 0.05) is 18.4 Å². The highest BCUT2D eigenvalue weighted by molar-refractivity contribution is 6.06. The molecule has 3 rings (SSSR count). The molecule has 0 bridgehead atoms. The fraction of sp³-hybridized carbons (Fsp3) is 0.333. The Morgan fingerprint density at radius 1 is 1.04 bits per heavy atom. The van der Waals surface area contributed by atoms with Crippen LogP contribution in [-0.2, 0) is 31.0 Å². The number of benzene rings is 1. The van der Waals surface area contributed by atoms with E-state index in [-0.39, 0.29) is 0 Å². The van der Waals surface area contributed by atoms with Gasteiger partial charge in [-0.2, -0.15) is 0 Å². The van der Waals surface area contributed by atoms with Gasteiger partial charge in [-0.25, -0.2) is 0 Å². The molecule has 1 aliphatic heterocycles. The lowest BCUT2D eigenvalue weighted by Crippen LogP contribution is -2.48. The molecule has 2 heterocycles. The van der Waals surface area contributed by atoms with Crippen molar-refractivity contribution in [2.75, 3.05) is 14.2 Å². The summed E-state index contributed by atoms with van der Waals surface area (Å²) < 4.78 is 11.8. The molecule has 23 heavy (non-hydrogen) atoms. The van der Waals surface area contributed by atoms with Crippen LogP contribution in [0.25, 0.3) is 11.1 Å². The van der Waals surface area contributed by atoms with E-state index in [0.717, 1.165) is 17.7 Å². The zero-order chi connectivity index (χ0) is 16.4. The highest BCUT2D eigenvalue weighted by Crippen LogP contribution is 2.39. The predicted octanol–water partition coefficient (Wildman–Crippen LogP) is 2.53. The zero-order valence-corrected chi connectivity index (χ0v) is 13.2. The molecule has 1 aromatic heterocycles. The van der Waals surface area contributed by atoms with Crippen molar-refractivity contribution in [1.82, 2.24) is 4.57 Å². The van der Waals surface area contributed by atoms with Crippen LogP contribution in [0.4, 0.5) is 0 Å². The highest BCUT2D eigenvalue weighted by Gasteiger charge is 2.53. The van der Waals surface area contributed by atoms with Crippen molar-refractivity contribution in [3.8, 4) is 11.1 Å². The van der Waals surface area contributed by atoms with Gasteiger partial charge in [-0.3, -0.25) is 9.59 Å². The second-order valence-electron chi connectivity index (χ2n) is 5.67. The number of carbonyl (C=O) groups is 2. The Bertz CT molecular complexity index is 717. The first kappa shape index (κ1) is 15.3. The average Bonchev–Trinajstić information content (AvgIpc) is 3.05. The van der Waals surface area contributed by atoms with Crippen LogP contribution in [-0.4, -0.2) is 30.7 Å². The van der Waals surface area contributed by atoms with Crippen LogP contribution >= 0.6 is 0 Å². The Hall–Kier alpha value is -2.56. The normalized spacial score (nSPS) is 15.6. The second kappa shape index (κ2) is 5.91. The fourth-order valence-electron chi connectivity index (χ4n) is 3.33. The molecular weight excluding hydrogens is 294 g/mol. The number of rotatable bonds is 3. The van der Waals surface area contributed by atoms with Crippen molar-refractivity contribution in [1.29, 1.82) is 0 Å². The lowest BCUT2D eigenvalue weighted by atomic mass is 9.77. The molecule has 0 saturated carbocycles. The molecule has 0 unspecified atom stereocenters. The van der Waals surface area contributed by atoms with Gasteiger partial charge >= 0.3 is 11.9 Å². The molecule has 1 aliphatic rings. The van der Waals surface area contributed by atoms with Crippen molar-refractivity contribution >= 4 is 11.9 Å². The largest absolute Gasteiger partial charge is 0.468 e. The van der Waals surface area contributed by atoms with Crippen LogP contribution in [0, 0.1) is 0 Å². The summed E-state index contributed by atoms with van der Waals surface area (Å²) in [4.78, 5) is 24.9. The van der Waals surface area contributed by atoms with Crippen LogP contribution in [0.2, 0.25) is 0 Å². The number of methoxy groups -OCH3 is 2. The number of esters is 2. The zero-order valence-electron chi connectivity index (χ0n) is 13.2. The first-order valence-electron chi connectivity index (χ1n) is 7.56. The highest BCUT2D eigenvalue weighted by atomic mass is 16.5. The lowest BCUT2D eigenvalue weighted by molar-refractivity contribution is -0.163. The van der Waals surface area contributed by atoms with Crippen molar-refractivity contribution < 1.29 is 19.1 Å². The number of nitrogens with zero attached hydrogens (tertiary/aromatic N) is 1. The van der Waals surface area contributed by atoms with Crippen LogP contribution in [0.15, 0.2) is 42.6 Å². The van der Waals surface area contributed by atoms with Gasteiger partial charge in [0.15, 0.2) is 0 Å². The summed E-state index contributed by atoms with van der Waals surface area (Å²) in [5, 5.41) is 0.